The predicted molar refractivity (Wildman–Crippen MR) is 58.2 cm³/mol. The van der Waals surface area contributed by atoms with Crippen LogP contribution in [-0.2, 0) is 15.8 Å². The molecule has 0 radical (unpaired) electrons. The van der Waals surface area contributed by atoms with Gasteiger partial charge in [-0.3, -0.25) is 9.59 Å². The van der Waals surface area contributed by atoms with Crippen LogP contribution in [0, 0.1) is 6.92 Å². The van der Waals surface area contributed by atoms with Crippen molar-refractivity contribution in [1.29, 1.82) is 0 Å². The summed E-state index contributed by atoms with van der Waals surface area (Å²) in [6.45, 7) is 1.45. The number of hydrogen-bond donors (Lipinski definition) is 0. The fraction of sp³-hybridized carbons (Fsp3) is 0.333. The molecule has 1 aliphatic rings. The van der Waals surface area contributed by atoms with Crippen LogP contribution >= 0.6 is 0 Å². The molecule has 0 aromatic heterocycles. The highest BCUT2D eigenvalue weighted by Gasteiger charge is 2.34. The Labute approximate surface area is 101 Å². The van der Waals surface area contributed by atoms with E-state index in [4.69, 9.17) is 0 Å². The van der Waals surface area contributed by atoms with Crippen molar-refractivity contribution < 1.29 is 22.8 Å². The molecule has 1 aliphatic heterocycles. The third kappa shape index (κ3) is 2.23. The first-order valence-corrected chi connectivity index (χ1v) is 5.29. The summed E-state index contributed by atoms with van der Waals surface area (Å²) in [7, 11) is 0. The molecule has 0 atom stereocenters. The second kappa shape index (κ2) is 4.12. The first kappa shape index (κ1) is 12.6. The Morgan fingerprint density at radius 1 is 1.22 bits per heavy atom. The van der Waals surface area contributed by atoms with Gasteiger partial charge in [0.2, 0.25) is 5.91 Å². The number of carbonyl (C=O) groups excluding carboxylic acids is 2. The van der Waals surface area contributed by atoms with Gasteiger partial charge in [-0.1, -0.05) is 6.07 Å². The lowest BCUT2D eigenvalue weighted by Crippen LogP contribution is -2.25. The number of hydrogen-bond acceptors (Lipinski definition) is 2. The second-order valence-corrected chi connectivity index (χ2v) is 4.19. The van der Waals surface area contributed by atoms with Crippen molar-refractivity contribution in [2.24, 2.45) is 0 Å². The van der Waals surface area contributed by atoms with Gasteiger partial charge < -0.3 is 4.90 Å². The van der Waals surface area contributed by atoms with Gasteiger partial charge in [0.1, 0.15) is 0 Å². The lowest BCUT2D eigenvalue weighted by molar-refractivity contribution is -0.137. The van der Waals surface area contributed by atoms with Gasteiger partial charge in [0.15, 0.2) is 5.78 Å². The minimum Gasteiger partial charge on any atom is -0.304 e. The summed E-state index contributed by atoms with van der Waals surface area (Å²) in [5.74, 6) is -0.737. The third-order valence-corrected chi connectivity index (χ3v) is 2.81. The molecule has 96 valence electrons. The molecule has 0 saturated carbocycles. The molecule has 2 rings (SSSR count). The first-order valence-electron chi connectivity index (χ1n) is 5.29. The second-order valence-electron chi connectivity index (χ2n) is 4.19. The summed E-state index contributed by atoms with van der Waals surface area (Å²) in [4.78, 5) is 23.8. The standard InChI is InChI=1S/C12H10F3NO2/c1-7-2-3-8(12(13,14)15)4-10(7)16-6-9(17)5-11(16)18/h2-4H,5-6H2,1H3. The molecule has 0 N–H and O–H groups in total. The molecule has 18 heavy (non-hydrogen) atoms. The Morgan fingerprint density at radius 2 is 1.89 bits per heavy atom. The van der Waals surface area contributed by atoms with Gasteiger partial charge in [-0.05, 0) is 24.6 Å². The molecule has 1 aromatic carbocycles. The lowest BCUT2D eigenvalue weighted by atomic mass is 10.1. The number of anilines is 1. The average molecular weight is 257 g/mol. The van der Waals surface area contributed by atoms with E-state index in [-0.39, 0.29) is 24.4 Å². The fourth-order valence-corrected chi connectivity index (χ4v) is 1.88. The number of benzene rings is 1. The highest BCUT2D eigenvalue weighted by molar-refractivity contribution is 6.15. The molecular formula is C12H10F3NO2. The van der Waals surface area contributed by atoms with Crippen LogP contribution in [0.5, 0.6) is 0 Å². The molecule has 6 heteroatoms. The summed E-state index contributed by atoms with van der Waals surface area (Å²) in [5.41, 5.74) is -0.137. The minimum atomic E-state index is -4.46. The number of amides is 1. The zero-order valence-corrected chi connectivity index (χ0v) is 9.54. The van der Waals surface area contributed by atoms with E-state index in [2.05, 4.69) is 0 Å². The molecule has 1 saturated heterocycles. The normalized spacial score (nSPS) is 16.6. The number of nitrogens with zero attached hydrogens (tertiary/aromatic N) is 1. The van der Waals surface area contributed by atoms with Crippen LogP contribution in [0.15, 0.2) is 18.2 Å². The van der Waals surface area contributed by atoms with Crippen molar-refractivity contribution in [2.45, 2.75) is 19.5 Å². The number of alkyl halides is 3. The van der Waals surface area contributed by atoms with Crippen LogP contribution in [-0.4, -0.2) is 18.2 Å². The maximum absolute atomic E-state index is 12.6. The van der Waals surface area contributed by atoms with Crippen LogP contribution in [0.1, 0.15) is 17.5 Å². The van der Waals surface area contributed by atoms with Crippen molar-refractivity contribution in [2.75, 3.05) is 11.4 Å². The number of ketones is 1. The smallest absolute Gasteiger partial charge is 0.304 e. The molecular weight excluding hydrogens is 247 g/mol. The number of aryl methyl sites for hydroxylation is 1. The summed E-state index contributed by atoms with van der Waals surface area (Å²) in [6, 6.07) is 3.17. The van der Waals surface area contributed by atoms with E-state index in [0.29, 0.717) is 5.56 Å². The molecule has 1 heterocycles. The molecule has 0 bridgehead atoms. The average Bonchev–Trinajstić information content (AvgIpc) is 2.56. The van der Waals surface area contributed by atoms with Crippen LogP contribution in [0.4, 0.5) is 18.9 Å². The first-order chi connectivity index (χ1) is 8.29. The largest absolute Gasteiger partial charge is 0.416 e. The van der Waals surface area contributed by atoms with Crippen molar-refractivity contribution in [3.05, 3.63) is 29.3 Å². The van der Waals surface area contributed by atoms with E-state index in [1.54, 1.807) is 6.92 Å². The van der Waals surface area contributed by atoms with Gasteiger partial charge >= 0.3 is 6.18 Å². The van der Waals surface area contributed by atoms with Gasteiger partial charge in [-0.2, -0.15) is 13.2 Å². The monoisotopic (exact) mass is 257 g/mol. The number of halogens is 3. The summed E-state index contributed by atoms with van der Waals surface area (Å²) < 4.78 is 37.8. The summed E-state index contributed by atoms with van der Waals surface area (Å²) >= 11 is 0. The van der Waals surface area contributed by atoms with E-state index in [1.165, 1.54) is 6.07 Å². The highest BCUT2D eigenvalue weighted by Crippen LogP contribution is 2.34. The lowest BCUT2D eigenvalue weighted by Gasteiger charge is -2.19. The molecule has 0 spiro atoms. The quantitative estimate of drug-likeness (QED) is 0.724. The Bertz CT molecular complexity index is 523. The van der Waals surface area contributed by atoms with Gasteiger partial charge in [-0.25, -0.2) is 0 Å². The highest BCUT2D eigenvalue weighted by atomic mass is 19.4. The van der Waals surface area contributed by atoms with Gasteiger partial charge in [0.25, 0.3) is 0 Å². The third-order valence-electron chi connectivity index (χ3n) is 2.81. The Hall–Kier alpha value is -1.85. The van der Waals surface area contributed by atoms with Crippen molar-refractivity contribution in [3.8, 4) is 0 Å². The number of carbonyl (C=O) groups is 2. The van der Waals surface area contributed by atoms with E-state index < -0.39 is 17.6 Å². The molecule has 3 nitrogen and oxygen atoms in total. The molecule has 1 amide bonds. The van der Waals surface area contributed by atoms with Gasteiger partial charge in [0, 0.05) is 5.69 Å². The zero-order valence-electron chi connectivity index (χ0n) is 9.54. The van der Waals surface area contributed by atoms with Gasteiger partial charge in [0.05, 0.1) is 18.5 Å². The van der Waals surface area contributed by atoms with Crippen LogP contribution < -0.4 is 4.90 Å². The molecule has 0 unspecified atom stereocenters. The van der Waals surface area contributed by atoms with Crippen LogP contribution in [0.3, 0.4) is 0 Å². The maximum Gasteiger partial charge on any atom is 0.416 e. The van der Waals surface area contributed by atoms with Crippen molar-refractivity contribution >= 4 is 17.4 Å². The van der Waals surface area contributed by atoms with Crippen LogP contribution in [0.25, 0.3) is 0 Å². The topological polar surface area (TPSA) is 37.4 Å². The van der Waals surface area contributed by atoms with Gasteiger partial charge in [-0.15, -0.1) is 0 Å². The molecule has 0 aliphatic carbocycles. The van der Waals surface area contributed by atoms with E-state index >= 15 is 0 Å². The minimum absolute atomic E-state index is 0.152. The Morgan fingerprint density at radius 3 is 2.39 bits per heavy atom. The Kier molecular flexibility index (Phi) is 2.88. The van der Waals surface area contributed by atoms with Crippen molar-refractivity contribution in [3.63, 3.8) is 0 Å². The summed E-state index contributed by atoms with van der Waals surface area (Å²) in [6.07, 6.45) is -4.70. The van der Waals surface area contributed by atoms with E-state index in [1.807, 2.05) is 0 Å². The molecule has 1 aromatic rings. The summed E-state index contributed by atoms with van der Waals surface area (Å²) in [5, 5.41) is 0. The fourth-order valence-electron chi connectivity index (χ4n) is 1.88. The van der Waals surface area contributed by atoms with Crippen molar-refractivity contribution in [1.82, 2.24) is 0 Å². The SMILES string of the molecule is Cc1ccc(C(F)(F)F)cc1N1CC(=O)CC1=O. The van der Waals surface area contributed by atoms with E-state index in [9.17, 15) is 22.8 Å². The molecule has 1 fully saturated rings. The number of Topliss-reactive ketones (excluding diaryl/α,β-unsaturated/α-hetero) is 1. The predicted octanol–water partition coefficient (Wildman–Crippen LogP) is 2.32. The number of rotatable bonds is 1. The van der Waals surface area contributed by atoms with Crippen LogP contribution in [0.2, 0.25) is 0 Å². The van der Waals surface area contributed by atoms with E-state index in [0.717, 1.165) is 17.0 Å². The maximum atomic E-state index is 12.6. The zero-order chi connectivity index (χ0) is 13.5. The Balaban J connectivity index is 2.44.